The Labute approximate surface area is 115 Å². The monoisotopic (exact) mass is 312 g/mol. The lowest BCUT2D eigenvalue weighted by atomic mass is 10.1. The van der Waals surface area contributed by atoms with E-state index in [2.05, 4.69) is 21.2 Å². The van der Waals surface area contributed by atoms with Gasteiger partial charge in [0.1, 0.15) is 5.75 Å². The lowest BCUT2D eigenvalue weighted by Crippen LogP contribution is -2.23. The highest BCUT2D eigenvalue weighted by Gasteiger charge is 2.27. The molecular formula is C13H17BrN2O2. The number of amides is 1. The fraction of sp³-hybridized carbons (Fsp3) is 0.462. The number of anilines is 1. The van der Waals surface area contributed by atoms with Crippen LogP contribution in [0.2, 0.25) is 0 Å². The molecule has 0 radical (unpaired) electrons. The highest BCUT2D eigenvalue weighted by Crippen LogP contribution is 2.29. The van der Waals surface area contributed by atoms with Crippen LogP contribution in [-0.4, -0.2) is 19.1 Å². The van der Waals surface area contributed by atoms with Gasteiger partial charge in [-0.3, -0.25) is 4.79 Å². The maximum absolute atomic E-state index is 12.0. The summed E-state index contributed by atoms with van der Waals surface area (Å²) in [5.41, 5.74) is 6.59. The quantitative estimate of drug-likeness (QED) is 0.901. The van der Waals surface area contributed by atoms with Gasteiger partial charge in [-0.15, -0.1) is 0 Å². The number of ether oxygens (including phenoxy) is 1. The van der Waals surface area contributed by atoms with E-state index in [1.807, 2.05) is 18.2 Å². The van der Waals surface area contributed by atoms with Crippen LogP contribution in [-0.2, 0) is 4.79 Å². The Morgan fingerprint density at radius 1 is 1.50 bits per heavy atom. The first-order valence-corrected chi connectivity index (χ1v) is 6.79. The smallest absolute Gasteiger partial charge is 0.227 e. The molecule has 0 spiro atoms. The third-order valence-corrected chi connectivity index (χ3v) is 3.88. The third-order valence-electron chi connectivity index (χ3n) is 3.26. The molecule has 2 rings (SSSR count). The van der Waals surface area contributed by atoms with Gasteiger partial charge in [-0.2, -0.15) is 0 Å². The number of nitrogens with two attached hydrogens (primary N) is 1. The summed E-state index contributed by atoms with van der Waals surface area (Å²) in [6, 6.07) is 5.66. The maximum Gasteiger partial charge on any atom is 0.227 e. The first-order chi connectivity index (χ1) is 8.60. The van der Waals surface area contributed by atoms with Gasteiger partial charge in [0.25, 0.3) is 0 Å². The van der Waals surface area contributed by atoms with Crippen LogP contribution in [0.3, 0.4) is 0 Å². The lowest BCUT2D eigenvalue weighted by Gasteiger charge is -2.12. The zero-order chi connectivity index (χ0) is 13.1. The van der Waals surface area contributed by atoms with Crippen molar-refractivity contribution in [1.82, 2.24) is 0 Å². The molecule has 0 saturated heterocycles. The second-order valence-electron chi connectivity index (χ2n) is 4.61. The van der Waals surface area contributed by atoms with Crippen molar-refractivity contribution in [1.29, 1.82) is 0 Å². The Balaban J connectivity index is 2.01. The topological polar surface area (TPSA) is 64.3 Å². The van der Waals surface area contributed by atoms with Crippen LogP contribution in [0.4, 0.5) is 5.69 Å². The molecule has 3 N–H and O–H groups in total. The molecule has 2 atom stereocenters. The van der Waals surface area contributed by atoms with E-state index in [1.165, 1.54) is 0 Å². The normalized spacial score (nSPS) is 22.8. The number of hydrogen-bond acceptors (Lipinski definition) is 3. The third kappa shape index (κ3) is 3.03. The number of benzene rings is 1. The van der Waals surface area contributed by atoms with Crippen LogP contribution in [0.25, 0.3) is 0 Å². The molecule has 5 heteroatoms. The molecule has 1 aromatic rings. The maximum atomic E-state index is 12.0. The Hall–Kier alpha value is -1.07. The van der Waals surface area contributed by atoms with Crippen molar-refractivity contribution in [3.63, 3.8) is 0 Å². The first-order valence-electron chi connectivity index (χ1n) is 6.00. The lowest BCUT2D eigenvalue weighted by molar-refractivity contribution is -0.119. The standard InChI is InChI=1S/C13H17BrN2O2/c1-18-12-5-4-10(7-11(12)14)16-13(17)8-2-3-9(15)6-8/h4-5,7-9H,2-3,6,15H2,1H3,(H,16,17). The van der Waals surface area contributed by atoms with Gasteiger partial charge in [0.05, 0.1) is 11.6 Å². The molecule has 1 aliphatic rings. The number of rotatable bonds is 3. The summed E-state index contributed by atoms with van der Waals surface area (Å²) in [6.07, 6.45) is 2.60. The SMILES string of the molecule is COc1ccc(NC(=O)C2CCC(N)C2)cc1Br. The molecule has 0 aliphatic heterocycles. The largest absolute Gasteiger partial charge is 0.496 e. The molecule has 2 unspecified atom stereocenters. The highest BCUT2D eigenvalue weighted by atomic mass is 79.9. The van der Waals surface area contributed by atoms with E-state index in [-0.39, 0.29) is 17.9 Å². The van der Waals surface area contributed by atoms with E-state index in [0.29, 0.717) is 0 Å². The second kappa shape index (κ2) is 5.71. The number of carbonyl (C=O) groups excluding carboxylic acids is 1. The van der Waals surface area contributed by atoms with Crippen molar-refractivity contribution < 1.29 is 9.53 Å². The molecular weight excluding hydrogens is 296 g/mol. The zero-order valence-corrected chi connectivity index (χ0v) is 11.9. The fourth-order valence-corrected chi connectivity index (χ4v) is 2.78. The van der Waals surface area contributed by atoms with Crippen LogP contribution in [0, 0.1) is 5.92 Å². The molecule has 18 heavy (non-hydrogen) atoms. The van der Waals surface area contributed by atoms with E-state index in [1.54, 1.807) is 7.11 Å². The van der Waals surface area contributed by atoms with E-state index >= 15 is 0 Å². The van der Waals surface area contributed by atoms with E-state index in [4.69, 9.17) is 10.5 Å². The molecule has 0 heterocycles. The van der Waals surface area contributed by atoms with Gasteiger partial charge in [-0.05, 0) is 53.4 Å². The van der Waals surface area contributed by atoms with Gasteiger partial charge < -0.3 is 15.8 Å². The van der Waals surface area contributed by atoms with Gasteiger partial charge in [0.15, 0.2) is 0 Å². The van der Waals surface area contributed by atoms with Gasteiger partial charge in [-0.25, -0.2) is 0 Å². The average molecular weight is 313 g/mol. The zero-order valence-electron chi connectivity index (χ0n) is 10.3. The molecule has 1 fully saturated rings. The fourth-order valence-electron chi connectivity index (χ4n) is 2.24. The van der Waals surface area contributed by atoms with E-state index in [9.17, 15) is 4.79 Å². The Kier molecular flexibility index (Phi) is 4.24. The number of nitrogens with one attached hydrogen (secondary N) is 1. The Morgan fingerprint density at radius 2 is 2.28 bits per heavy atom. The van der Waals surface area contributed by atoms with Gasteiger partial charge >= 0.3 is 0 Å². The van der Waals surface area contributed by atoms with E-state index < -0.39 is 0 Å². The Bertz CT molecular complexity index is 451. The predicted molar refractivity (Wildman–Crippen MR) is 74.6 cm³/mol. The molecule has 1 aromatic carbocycles. The van der Waals surface area contributed by atoms with Crippen molar-refractivity contribution >= 4 is 27.5 Å². The molecule has 1 aliphatic carbocycles. The van der Waals surface area contributed by atoms with Crippen molar-refractivity contribution in [2.24, 2.45) is 11.7 Å². The minimum absolute atomic E-state index is 0.0425. The van der Waals surface area contributed by atoms with Crippen molar-refractivity contribution in [2.75, 3.05) is 12.4 Å². The van der Waals surface area contributed by atoms with Crippen molar-refractivity contribution in [2.45, 2.75) is 25.3 Å². The van der Waals surface area contributed by atoms with Crippen molar-refractivity contribution in [3.8, 4) is 5.75 Å². The van der Waals surface area contributed by atoms with Crippen LogP contribution in [0.15, 0.2) is 22.7 Å². The number of carbonyl (C=O) groups is 1. The highest BCUT2D eigenvalue weighted by molar-refractivity contribution is 9.10. The molecule has 0 bridgehead atoms. The van der Waals surface area contributed by atoms with Gasteiger partial charge in [-0.1, -0.05) is 0 Å². The summed E-state index contributed by atoms with van der Waals surface area (Å²) in [6.45, 7) is 0. The molecule has 1 amide bonds. The van der Waals surface area contributed by atoms with Crippen LogP contribution in [0.5, 0.6) is 5.75 Å². The van der Waals surface area contributed by atoms with Crippen LogP contribution < -0.4 is 15.8 Å². The first kappa shape index (κ1) is 13.4. The predicted octanol–water partition coefficient (Wildman–Crippen LogP) is 2.52. The second-order valence-corrected chi connectivity index (χ2v) is 5.46. The summed E-state index contributed by atoms with van der Waals surface area (Å²) >= 11 is 3.39. The summed E-state index contributed by atoms with van der Waals surface area (Å²) in [5.74, 6) is 0.844. The van der Waals surface area contributed by atoms with Crippen LogP contribution >= 0.6 is 15.9 Å². The minimum atomic E-state index is 0.0425. The molecule has 0 aromatic heterocycles. The molecule has 4 nitrogen and oxygen atoms in total. The summed E-state index contributed by atoms with van der Waals surface area (Å²) in [4.78, 5) is 12.0. The van der Waals surface area contributed by atoms with Gasteiger partial charge in [0, 0.05) is 17.6 Å². The van der Waals surface area contributed by atoms with Crippen molar-refractivity contribution in [3.05, 3.63) is 22.7 Å². The minimum Gasteiger partial charge on any atom is -0.496 e. The molecule has 1 saturated carbocycles. The number of hydrogen-bond donors (Lipinski definition) is 2. The summed E-state index contributed by atoms with van der Waals surface area (Å²) in [5, 5.41) is 2.92. The average Bonchev–Trinajstić information content (AvgIpc) is 2.76. The summed E-state index contributed by atoms with van der Waals surface area (Å²) < 4.78 is 5.97. The number of methoxy groups -OCH3 is 1. The number of halogens is 1. The Morgan fingerprint density at radius 3 is 2.83 bits per heavy atom. The van der Waals surface area contributed by atoms with E-state index in [0.717, 1.165) is 35.2 Å². The molecule has 98 valence electrons. The summed E-state index contributed by atoms with van der Waals surface area (Å²) in [7, 11) is 1.61. The van der Waals surface area contributed by atoms with Gasteiger partial charge in [0.2, 0.25) is 5.91 Å². The van der Waals surface area contributed by atoms with Crippen LogP contribution in [0.1, 0.15) is 19.3 Å².